The quantitative estimate of drug-likeness (QED) is 0.891. The molecule has 1 unspecified atom stereocenters. The van der Waals surface area contributed by atoms with E-state index in [1.165, 1.54) is 7.11 Å². The van der Waals surface area contributed by atoms with Crippen LogP contribution in [0.4, 0.5) is 13.2 Å². The van der Waals surface area contributed by atoms with Crippen molar-refractivity contribution in [2.45, 2.75) is 31.5 Å². The van der Waals surface area contributed by atoms with E-state index in [2.05, 4.69) is 5.32 Å². The highest BCUT2D eigenvalue weighted by molar-refractivity contribution is 5.51. The van der Waals surface area contributed by atoms with Crippen molar-refractivity contribution < 1.29 is 23.0 Å². The number of rotatable bonds is 3. The molecule has 0 radical (unpaired) electrons. The minimum Gasteiger partial charge on any atom is -0.504 e. The molecule has 1 fully saturated rings. The first-order valence-electron chi connectivity index (χ1n) is 6.13. The predicted octanol–water partition coefficient (Wildman–Crippen LogP) is 2.71. The molecule has 1 aliphatic rings. The van der Waals surface area contributed by atoms with E-state index in [4.69, 9.17) is 4.74 Å². The molecule has 3 nitrogen and oxygen atoms in total. The highest BCUT2D eigenvalue weighted by Crippen LogP contribution is 2.41. The molecule has 2 rings (SSSR count). The third-order valence-corrected chi connectivity index (χ3v) is 3.38. The molecule has 1 saturated heterocycles. The first kappa shape index (κ1) is 14.0. The van der Waals surface area contributed by atoms with Crippen molar-refractivity contribution in [3.8, 4) is 11.5 Å². The number of ether oxygens (including phenoxy) is 1. The molecular formula is C13H16F3NO2. The molecule has 1 aliphatic heterocycles. The van der Waals surface area contributed by atoms with Gasteiger partial charge in [-0.2, -0.15) is 13.2 Å². The van der Waals surface area contributed by atoms with Crippen molar-refractivity contribution in [1.82, 2.24) is 5.32 Å². The van der Waals surface area contributed by atoms with Gasteiger partial charge >= 0.3 is 6.18 Å². The molecule has 19 heavy (non-hydrogen) atoms. The van der Waals surface area contributed by atoms with Crippen LogP contribution in [0.2, 0.25) is 0 Å². The molecule has 0 saturated carbocycles. The van der Waals surface area contributed by atoms with Crippen LogP contribution in [0.5, 0.6) is 11.5 Å². The zero-order chi connectivity index (χ0) is 14.0. The fraction of sp³-hybridized carbons (Fsp3) is 0.538. The molecule has 0 bridgehead atoms. The number of benzene rings is 1. The van der Waals surface area contributed by atoms with Crippen LogP contribution in [0.25, 0.3) is 0 Å². The van der Waals surface area contributed by atoms with Gasteiger partial charge in [0, 0.05) is 11.6 Å². The number of nitrogens with one attached hydrogen (secondary N) is 1. The van der Waals surface area contributed by atoms with E-state index in [1.54, 1.807) is 0 Å². The van der Waals surface area contributed by atoms with Crippen LogP contribution in [0, 0.1) is 0 Å². The summed E-state index contributed by atoms with van der Waals surface area (Å²) in [5, 5.41) is 13.1. The van der Waals surface area contributed by atoms with E-state index in [0.717, 1.165) is 31.5 Å². The third kappa shape index (κ3) is 2.94. The smallest absolute Gasteiger partial charge is 0.416 e. The Morgan fingerprint density at radius 2 is 2.16 bits per heavy atom. The van der Waals surface area contributed by atoms with E-state index in [9.17, 15) is 18.3 Å². The average molecular weight is 275 g/mol. The minimum absolute atomic E-state index is 0.0286. The van der Waals surface area contributed by atoms with Crippen LogP contribution in [0.1, 0.15) is 24.0 Å². The second-order valence-corrected chi connectivity index (χ2v) is 4.64. The molecule has 0 spiro atoms. The Morgan fingerprint density at radius 1 is 1.42 bits per heavy atom. The summed E-state index contributed by atoms with van der Waals surface area (Å²) in [6, 6.07) is 2.08. The highest BCUT2D eigenvalue weighted by Gasteiger charge is 2.36. The standard InChI is InChI=1S/C13H16F3NO2/c1-19-11-5-4-10(13(14,15)16)9(12(11)18)7-8-3-2-6-17-8/h4-5,8,17-18H,2-3,6-7H2,1H3. The van der Waals surface area contributed by atoms with Gasteiger partial charge in [-0.05, 0) is 37.9 Å². The van der Waals surface area contributed by atoms with Gasteiger partial charge in [0.25, 0.3) is 0 Å². The van der Waals surface area contributed by atoms with Crippen LogP contribution in [0.3, 0.4) is 0 Å². The Morgan fingerprint density at radius 3 is 2.68 bits per heavy atom. The summed E-state index contributed by atoms with van der Waals surface area (Å²) < 4.78 is 43.8. The summed E-state index contributed by atoms with van der Waals surface area (Å²) in [6.45, 7) is 0.802. The maximum Gasteiger partial charge on any atom is 0.416 e. The predicted molar refractivity (Wildman–Crippen MR) is 64.4 cm³/mol. The first-order valence-corrected chi connectivity index (χ1v) is 6.13. The maximum absolute atomic E-state index is 13.0. The number of hydrogen-bond acceptors (Lipinski definition) is 3. The fourth-order valence-corrected chi connectivity index (χ4v) is 2.43. The topological polar surface area (TPSA) is 41.5 Å². The van der Waals surface area contributed by atoms with Gasteiger partial charge in [-0.25, -0.2) is 0 Å². The van der Waals surface area contributed by atoms with Gasteiger partial charge in [-0.1, -0.05) is 0 Å². The first-order chi connectivity index (χ1) is 8.93. The molecular weight excluding hydrogens is 259 g/mol. The molecule has 1 aromatic rings. The van der Waals surface area contributed by atoms with Gasteiger partial charge in [-0.15, -0.1) is 0 Å². The van der Waals surface area contributed by atoms with Crippen LogP contribution in [-0.2, 0) is 12.6 Å². The number of hydrogen-bond donors (Lipinski definition) is 2. The number of phenols is 1. The third-order valence-electron chi connectivity index (χ3n) is 3.38. The van der Waals surface area contributed by atoms with E-state index in [1.807, 2.05) is 0 Å². The lowest BCUT2D eigenvalue weighted by Gasteiger charge is -2.19. The lowest BCUT2D eigenvalue weighted by molar-refractivity contribution is -0.138. The number of alkyl halides is 3. The number of aromatic hydroxyl groups is 1. The van der Waals surface area contributed by atoms with E-state index < -0.39 is 17.5 Å². The van der Waals surface area contributed by atoms with Gasteiger partial charge < -0.3 is 15.2 Å². The van der Waals surface area contributed by atoms with Crippen molar-refractivity contribution in [3.63, 3.8) is 0 Å². The maximum atomic E-state index is 13.0. The molecule has 6 heteroatoms. The lowest BCUT2D eigenvalue weighted by Crippen LogP contribution is -2.25. The Hall–Kier alpha value is -1.43. The molecule has 1 aromatic carbocycles. The molecule has 1 heterocycles. The van der Waals surface area contributed by atoms with Gasteiger partial charge in [0.2, 0.25) is 0 Å². The summed E-state index contributed by atoms with van der Waals surface area (Å²) in [5.41, 5.74) is -0.884. The van der Waals surface area contributed by atoms with E-state index in [0.29, 0.717) is 0 Å². The Balaban J connectivity index is 2.40. The summed E-state index contributed by atoms with van der Waals surface area (Å²) in [7, 11) is 1.32. The molecule has 106 valence electrons. The van der Waals surface area contributed by atoms with Crippen LogP contribution < -0.4 is 10.1 Å². The van der Waals surface area contributed by atoms with Crippen molar-refractivity contribution >= 4 is 0 Å². The zero-order valence-corrected chi connectivity index (χ0v) is 10.5. The lowest BCUT2D eigenvalue weighted by atomic mass is 9.97. The fourth-order valence-electron chi connectivity index (χ4n) is 2.43. The van der Waals surface area contributed by atoms with Crippen molar-refractivity contribution in [2.24, 2.45) is 0 Å². The summed E-state index contributed by atoms with van der Waals surface area (Å²) in [5.74, 6) is -0.341. The van der Waals surface area contributed by atoms with E-state index >= 15 is 0 Å². The van der Waals surface area contributed by atoms with Crippen LogP contribution in [-0.4, -0.2) is 24.8 Å². The van der Waals surface area contributed by atoms with Crippen molar-refractivity contribution in [2.75, 3.05) is 13.7 Å². The number of phenolic OH excluding ortho intramolecular Hbond substituents is 1. The Labute approximate surface area is 109 Å². The second kappa shape index (κ2) is 5.28. The normalized spacial score (nSPS) is 19.7. The van der Waals surface area contributed by atoms with Crippen LogP contribution in [0.15, 0.2) is 12.1 Å². The monoisotopic (exact) mass is 275 g/mol. The average Bonchev–Trinajstić information content (AvgIpc) is 2.83. The Bertz CT molecular complexity index is 454. The van der Waals surface area contributed by atoms with Gasteiger partial charge in [-0.3, -0.25) is 0 Å². The van der Waals surface area contributed by atoms with Crippen LogP contribution >= 0.6 is 0 Å². The molecule has 0 amide bonds. The number of halogens is 3. The van der Waals surface area contributed by atoms with E-state index in [-0.39, 0.29) is 23.8 Å². The molecule has 1 atom stereocenters. The summed E-state index contributed by atoms with van der Waals surface area (Å²) in [4.78, 5) is 0. The molecule has 2 N–H and O–H groups in total. The molecule has 0 aliphatic carbocycles. The minimum atomic E-state index is -4.47. The van der Waals surface area contributed by atoms with Gasteiger partial charge in [0.1, 0.15) is 0 Å². The second-order valence-electron chi connectivity index (χ2n) is 4.64. The summed E-state index contributed by atoms with van der Waals surface area (Å²) in [6.07, 6.45) is -2.57. The number of methoxy groups -OCH3 is 1. The van der Waals surface area contributed by atoms with Crippen molar-refractivity contribution in [1.29, 1.82) is 0 Å². The summed E-state index contributed by atoms with van der Waals surface area (Å²) >= 11 is 0. The highest BCUT2D eigenvalue weighted by atomic mass is 19.4. The molecule has 0 aromatic heterocycles. The zero-order valence-electron chi connectivity index (χ0n) is 10.5. The SMILES string of the molecule is COc1ccc(C(F)(F)F)c(CC2CCCN2)c1O. The van der Waals surface area contributed by atoms with Gasteiger partial charge in [0.15, 0.2) is 11.5 Å². The van der Waals surface area contributed by atoms with Crippen molar-refractivity contribution in [3.05, 3.63) is 23.3 Å². The largest absolute Gasteiger partial charge is 0.504 e. The Kier molecular flexibility index (Phi) is 3.89. The van der Waals surface area contributed by atoms with Gasteiger partial charge in [0.05, 0.1) is 12.7 Å².